The third-order valence-electron chi connectivity index (χ3n) is 2.42. The summed E-state index contributed by atoms with van der Waals surface area (Å²) >= 11 is 0. The number of anilines is 1. The molecule has 0 aliphatic carbocycles. The molecular weight excluding hydrogens is 273 g/mol. The number of rotatable bonds is 3. The van der Waals surface area contributed by atoms with E-state index in [4.69, 9.17) is 16.3 Å². The van der Waals surface area contributed by atoms with Crippen LogP contribution in [0.2, 0.25) is 0 Å². The summed E-state index contributed by atoms with van der Waals surface area (Å²) in [5.41, 5.74) is 3.93. The molecule has 1 aromatic carbocycles. The minimum Gasteiger partial charge on any atom is -0.398 e. The quantitative estimate of drug-likeness (QED) is 0.675. The third-order valence-corrected chi connectivity index (χ3v) is 2.42. The van der Waals surface area contributed by atoms with Crippen molar-refractivity contribution in [2.24, 2.45) is 0 Å². The fourth-order valence-electron chi connectivity index (χ4n) is 1.46. The first kappa shape index (κ1) is 15.3. The second-order valence-electron chi connectivity index (χ2n) is 3.78. The first-order valence-electron chi connectivity index (χ1n) is 5.31. The molecule has 1 amide bonds. The molecule has 0 fully saturated rings. The van der Waals surface area contributed by atoms with Gasteiger partial charge in [-0.15, -0.1) is 0 Å². The summed E-state index contributed by atoms with van der Waals surface area (Å²) in [4.78, 5) is 12.8. The van der Waals surface area contributed by atoms with Gasteiger partial charge >= 0.3 is 6.18 Å². The summed E-state index contributed by atoms with van der Waals surface area (Å²) in [6.45, 7) is -0.829. The largest absolute Gasteiger partial charge is 0.416 e. The predicted octanol–water partition coefficient (Wildman–Crippen LogP) is 1.78. The second kappa shape index (κ2) is 5.93. The summed E-state index contributed by atoms with van der Waals surface area (Å²) in [6, 6.07) is 5.65. The predicted molar refractivity (Wildman–Crippen MR) is 63.0 cm³/mol. The summed E-state index contributed by atoms with van der Waals surface area (Å²) in [7, 11) is 0. The Kier molecular flexibility index (Phi) is 4.54. The van der Waals surface area contributed by atoms with Gasteiger partial charge in [0.1, 0.15) is 13.1 Å². The lowest BCUT2D eigenvalue weighted by atomic mass is 10.1. The van der Waals surface area contributed by atoms with Gasteiger partial charge in [0.15, 0.2) is 0 Å². The first-order chi connectivity index (χ1) is 9.31. The van der Waals surface area contributed by atoms with Crippen LogP contribution >= 0.6 is 0 Å². The highest BCUT2D eigenvalue weighted by molar-refractivity contribution is 5.99. The summed E-state index contributed by atoms with van der Waals surface area (Å²) in [5, 5.41) is 17.1. The topological polar surface area (TPSA) is 93.9 Å². The standard InChI is InChI=1S/C12H9F3N4O/c13-12(14,15)8-1-2-10(18)9(7-8)11(20)19(5-3-16)6-4-17/h1-2,7H,5-6,18H2. The van der Waals surface area contributed by atoms with Crippen LogP contribution in [0.25, 0.3) is 0 Å². The van der Waals surface area contributed by atoms with Crippen LogP contribution in [0.4, 0.5) is 18.9 Å². The van der Waals surface area contributed by atoms with Crippen molar-refractivity contribution in [2.45, 2.75) is 6.18 Å². The zero-order chi connectivity index (χ0) is 15.3. The van der Waals surface area contributed by atoms with Gasteiger partial charge in [-0.3, -0.25) is 4.79 Å². The fourth-order valence-corrected chi connectivity index (χ4v) is 1.46. The van der Waals surface area contributed by atoms with Gasteiger partial charge in [-0.25, -0.2) is 0 Å². The maximum atomic E-state index is 12.6. The number of hydrogen-bond donors (Lipinski definition) is 1. The van der Waals surface area contributed by atoms with E-state index < -0.39 is 30.7 Å². The number of halogens is 3. The van der Waals surface area contributed by atoms with Crippen molar-refractivity contribution in [2.75, 3.05) is 18.8 Å². The first-order valence-corrected chi connectivity index (χ1v) is 5.31. The Morgan fingerprint density at radius 1 is 1.25 bits per heavy atom. The Morgan fingerprint density at radius 2 is 1.80 bits per heavy atom. The molecule has 1 rings (SSSR count). The third kappa shape index (κ3) is 3.39. The molecule has 2 N–H and O–H groups in total. The minimum atomic E-state index is -4.61. The van der Waals surface area contributed by atoms with E-state index in [1.165, 1.54) is 0 Å². The Labute approximate surface area is 112 Å². The highest BCUT2D eigenvalue weighted by atomic mass is 19.4. The number of alkyl halides is 3. The molecule has 0 heterocycles. The number of nitrogen functional groups attached to an aromatic ring is 1. The maximum Gasteiger partial charge on any atom is 0.416 e. The van der Waals surface area contributed by atoms with Gasteiger partial charge in [-0.1, -0.05) is 0 Å². The smallest absolute Gasteiger partial charge is 0.398 e. The molecule has 0 spiro atoms. The molecule has 1 aromatic rings. The minimum absolute atomic E-state index is 0.149. The van der Waals surface area contributed by atoms with Crippen LogP contribution in [0, 0.1) is 22.7 Å². The summed E-state index contributed by atoms with van der Waals surface area (Å²) in [6.07, 6.45) is -4.61. The van der Waals surface area contributed by atoms with Crippen LogP contribution in [-0.2, 0) is 6.18 Å². The number of hydrogen-bond acceptors (Lipinski definition) is 4. The monoisotopic (exact) mass is 282 g/mol. The van der Waals surface area contributed by atoms with Gasteiger partial charge in [0.05, 0.1) is 23.3 Å². The Morgan fingerprint density at radius 3 is 2.25 bits per heavy atom. The van der Waals surface area contributed by atoms with E-state index in [0.717, 1.165) is 17.0 Å². The van der Waals surface area contributed by atoms with Gasteiger partial charge in [0.25, 0.3) is 5.91 Å². The number of carbonyl (C=O) groups excluding carboxylic acids is 1. The van der Waals surface area contributed by atoms with Crippen LogP contribution in [-0.4, -0.2) is 23.9 Å². The van der Waals surface area contributed by atoms with E-state index in [1.54, 1.807) is 12.1 Å². The number of nitrogens with zero attached hydrogens (tertiary/aromatic N) is 3. The molecule has 0 aromatic heterocycles. The van der Waals surface area contributed by atoms with Gasteiger partial charge in [-0.05, 0) is 18.2 Å². The fraction of sp³-hybridized carbons (Fsp3) is 0.250. The van der Waals surface area contributed by atoms with Crippen molar-refractivity contribution in [3.05, 3.63) is 29.3 Å². The molecule has 20 heavy (non-hydrogen) atoms. The van der Waals surface area contributed by atoms with Crippen LogP contribution < -0.4 is 5.73 Å². The number of benzene rings is 1. The van der Waals surface area contributed by atoms with Gasteiger partial charge in [0.2, 0.25) is 0 Å². The molecule has 0 aliphatic heterocycles. The molecular formula is C12H9F3N4O. The van der Waals surface area contributed by atoms with Gasteiger partial charge in [-0.2, -0.15) is 23.7 Å². The lowest BCUT2D eigenvalue weighted by Gasteiger charge is -2.18. The number of nitrogens with two attached hydrogens (primary N) is 1. The lowest BCUT2D eigenvalue weighted by Crippen LogP contribution is -2.32. The molecule has 0 bridgehead atoms. The number of amides is 1. The summed E-state index contributed by atoms with van der Waals surface area (Å²) in [5.74, 6) is -0.892. The van der Waals surface area contributed by atoms with Crippen molar-refractivity contribution in [1.82, 2.24) is 4.90 Å². The maximum absolute atomic E-state index is 12.6. The number of carbonyl (C=O) groups is 1. The second-order valence-corrected chi connectivity index (χ2v) is 3.78. The molecule has 0 saturated heterocycles. The molecule has 0 atom stereocenters. The molecule has 8 heteroatoms. The van der Waals surface area contributed by atoms with E-state index >= 15 is 0 Å². The van der Waals surface area contributed by atoms with E-state index in [1.807, 2.05) is 0 Å². The normalized spacial score (nSPS) is 10.4. The molecule has 5 nitrogen and oxygen atoms in total. The Bertz CT molecular complexity index is 582. The van der Waals surface area contributed by atoms with Crippen molar-refractivity contribution < 1.29 is 18.0 Å². The van der Waals surface area contributed by atoms with Crippen LogP contribution in [0.1, 0.15) is 15.9 Å². The van der Waals surface area contributed by atoms with Crippen LogP contribution in [0.5, 0.6) is 0 Å². The highest BCUT2D eigenvalue weighted by Crippen LogP contribution is 2.31. The number of nitriles is 2. The summed E-state index contributed by atoms with van der Waals surface area (Å²) < 4.78 is 37.8. The zero-order valence-electron chi connectivity index (χ0n) is 10.1. The van der Waals surface area contributed by atoms with Crippen molar-refractivity contribution in [3.8, 4) is 12.1 Å². The molecule has 0 unspecified atom stereocenters. The lowest BCUT2D eigenvalue weighted by molar-refractivity contribution is -0.137. The van der Waals surface area contributed by atoms with Crippen molar-refractivity contribution in [3.63, 3.8) is 0 Å². The van der Waals surface area contributed by atoms with Gasteiger partial charge < -0.3 is 10.6 Å². The zero-order valence-corrected chi connectivity index (χ0v) is 10.1. The van der Waals surface area contributed by atoms with Crippen LogP contribution in [0.3, 0.4) is 0 Å². The molecule has 0 saturated carbocycles. The van der Waals surface area contributed by atoms with E-state index in [-0.39, 0.29) is 11.3 Å². The average molecular weight is 282 g/mol. The average Bonchev–Trinajstić information content (AvgIpc) is 2.37. The van der Waals surface area contributed by atoms with E-state index in [2.05, 4.69) is 0 Å². The van der Waals surface area contributed by atoms with Crippen LogP contribution in [0.15, 0.2) is 18.2 Å². The Hall–Kier alpha value is -2.74. The van der Waals surface area contributed by atoms with Gasteiger partial charge in [0, 0.05) is 5.69 Å². The molecule has 0 aliphatic rings. The Balaban J connectivity index is 3.21. The molecule has 0 radical (unpaired) electrons. The molecule has 104 valence electrons. The van der Waals surface area contributed by atoms with Crippen molar-refractivity contribution >= 4 is 11.6 Å². The van der Waals surface area contributed by atoms with E-state index in [9.17, 15) is 18.0 Å². The SMILES string of the molecule is N#CCN(CC#N)C(=O)c1cc(C(F)(F)F)ccc1N. The van der Waals surface area contributed by atoms with E-state index in [0.29, 0.717) is 6.07 Å². The highest BCUT2D eigenvalue weighted by Gasteiger charge is 2.32. The van der Waals surface area contributed by atoms with Crippen molar-refractivity contribution in [1.29, 1.82) is 10.5 Å².